The Hall–Kier alpha value is -1.68. The van der Waals surface area contributed by atoms with E-state index in [0.717, 1.165) is 17.4 Å². The van der Waals surface area contributed by atoms with E-state index in [1.165, 1.54) is 6.08 Å². The second-order valence-corrected chi connectivity index (χ2v) is 6.25. The fourth-order valence-electron chi connectivity index (χ4n) is 2.56. The van der Waals surface area contributed by atoms with E-state index in [9.17, 15) is 14.4 Å². The van der Waals surface area contributed by atoms with Gasteiger partial charge in [-0.25, -0.2) is 0 Å². The highest BCUT2D eigenvalue weighted by Gasteiger charge is 2.39. The molecule has 22 heavy (non-hydrogen) atoms. The predicted octanol–water partition coefficient (Wildman–Crippen LogP) is 3.15. The number of rotatable bonds is 5. The van der Waals surface area contributed by atoms with Crippen LogP contribution in [0.25, 0.3) is 0 Å². The molecule has 5 heteroatoms. The third-order valence-corrected chi connectivity index (χ3v) is 3.94. The maximum Gasteiger partial charge on any atom is 0.321 e. The van der Waals surface area contributed by atoms with E-state index in [1.54, 1.807) is 13.0 Å². The molecule has 0 bridgehead atoms. The van der Waals surface area contributed by atoms with Crippen molar-refractivity contribution in [3.8, 4) is 0 Å². The van der Waals surface area contributed by atoms with Gasteiger partial charge in [0, 0.05) is 6.42 Å². The van der Waals surface area contributed by atoms with Gasteiger partial charge in [-0.15, -0.1) is 11.6 Å². The Balaban J connectivity index is 3.12. The summed E-state index contributed by atoms with van der Waals surface area (Å²) in [6.45, 7) is 7.51. The fraction of sp³-hybridized carbons (Fsp3) is 0.471. The molecule has 0 radical (unpaired) electrons. The van der Waals surface area contributed by atoms with Gasteiger partial charge < -0.3 is 4.74 Å². The third kappa shape index (κ3) is 4.41. The fourth-order valence-corrected chi connectivity index (χ4v) is 2.62. The van der Waals surface area contributed by atoms with Crippen molar-refractivity contribution >= 4 is 29.6 Å². The van der Waals surface area contributed by atoms with Crippen molar-refractivity contribution < 1.29 is 19.1 Å². The number of allylic oxidation sites excluding steroid dienone is 5. The molecule has 120 valence electrons. The summed E-state index contributed by atoms with van der Waals surface area (Å²) in [5, 5.41) is 0. The monoisotopic (exact) mass is 324 g/mol. The van der Waals surface area contributed by atoms with Gasteiger partial charge in [-0.2, -0.15) is 0 Å². The van der Waals surface area contributed by atoms with Crippen molar-refractivity contribution in [3.63, 3.8) is 0 Å². The number of hydrogen-bond donors (Lipinski definition) is 0. The van der Waals surface area contributed by atoms with Crippen LogP contribution in [0.15, 0.2) is 34.9 Å². The predicted molar refractivity (Wildman–Crippen MR) is 85.7 cm³/mol. The minimum Gasteiger partial charge on any atom is -0.453 e. The van der Waals surface area contributed by atoms with Crippen molar-refractivity contribution in [2.24, 2.45) is 5.41 Å². The maximum absolute atomic E-state index is 12.4. The number of ketones is 1. The highest BCUT2D eigenvalue weighted by Crippen LogP contribution is 2.40. The Morgan fingerprint density at radius 2 is 2.09 bits per heavy atom. The van der Waals surface area contributed by atoms with Crippen molar-refractivity contribution in [2.75, 3.05) is 5.88 Å². The molecule has 0 aliphatic heterocycles. The Labute approximate surface area is 135 Å². The number of esters is 1. The number of carbonyl (C=O) groups is 3. The van der Waals surface area contributed by atoms with Gasteiger partial charge >= 0.3 is 5.97 Å². The number of carbonyl (C=O) groups excluding carboxylic acids is 3. The van der Waals surface area contributed by atoms with Crippen molar-refractivity contribution in [2.45, 2.75) is 40.2 Å². The van der Waals surface area contributed by atoms with Crippen molar-refractivity contribution in [1.29, 1.82) is 0 Å². The molecule has 1 unspecified atom stereocenters. The molecule has 4 nitrogen and oxygen atoms in total. The first kappa shape index (κ1) is 18.4. The molecule has 1 aliphatic rings. The lowest BCUT2D eigenvalue weighted by Gasteiger charge is -2.36. The first-order chi connectivity index (χ1) is 10.2. The van der Waals surface area contributed by atoms with Gasteiger partial charge in [0.05, 0.1) is 0 Å². The molecule has 0 spiro atoms. The van der Waals surface area contributed by atoms with E-state index < -0.39 is 12.1 Å². The number of hydrogen-bond acceptors (Lipinski definition) is 4. The largest absolute Gasteiger partial charge is 0.453 e. The van der Waals surface area contributed by atoms with Gasteiger partial charge in [0.25, 0.3) is 0 Å². The highest BCUT2D eigenvalue weighted by molar-refractivity contribution is 6.26. The van der Waals surface area contributed by atoms with Crippen molar-refractivity contribution in [3.05, 3.63) is 34.9 Å². The molecule has 0 aromatic rings. The van der Waals surface area contributed by atoms with Crippen molar-refractivity contribution in [1.82, 2.24) is 0 Å². The molecule has 0 heterocycles. The van der Waals surface area contributed by atoms with E-state index in [1.807, 2.05) is 26.8 Å². The summed E-state index contributed by atoms with van der Waals surface area (Å²) in [5.74, 6) is -1.06. The zero-order valence-corrected chi connectivity index (χ0v) is 14.1. The molecule has 1 rings (SSSR count). The molecule has 0 saturated heterocycles. The van der Waals surface area contributed by atoms with Crippen LogP contribution in [-0.4, -0.2) is 30.0 Å². The third-order valence-electron chi connectivity index (χ3n) is 3.72. The maximum atomic E-state index is 12.4. The van der Waals surface area contributed by atoms with E-state index in [0.29, 0.717) is 12.0 Å². The second-order valence-electron chi connectivity index (χ2n) is 5.98. The standard InChI is InChI=1S/C17H21ClO4/c1-11(7-8-19)5-6-13-12(2)16(21)14(9-17(13,3)4)22-15(20)10-18/h5-8,14H,9-10H2,1-4H3/b6-5+,11-7+. The summed E-state index contributed by atoms with van der Waals surface area (Å²) in [5.41, 5.74) is 1.93. The van der Waals surface area contributed by atoms with Crippen LogP contribution in [0.4, 0.5) is 0 Å². The topological polar surface area (TPSA) is 60.4 Å². The smallest absolute Gasteiger partial charge is 0.321 e. The van der Waals surface area contributed by atoms with Crippen LogP contribution in [-0.2, 0) is 19.1 Å². The number of halogens is 1. The molecular weight excluding hydrogens is 304 g/mol. The zero-order valence-electron chi connectivity index (χ0n) is 13.3. The van der Waals surface area contributed by atoms with Crippen LogP contribution in [0.5, 0.6) is 0 Å². The minimum atomic E-state index is -0.787. The molecule has 1 atom stereocenters. The van der Waals surface area contributed by atoms with E-state index in [-0.39, 0.29) is 17.1 Å². The van der Waals surface area contributed by atoms with E-state index in [2.05, 4.69) is 0 Å². The minimum absolute atomic E-state index is 0.200. The number of Topliss-reactive ketones (excluding diaryl/α,β-unsaturated/α-hetero) is 1. The van der Waals surface area contributed by atoms with E-state index >= 15 is 0 Å². The van der Waals surface area contributed by atoms with Gasteiger partial charge in [-0.05, 0) is 42.1 Å². The summed E-state index contributed by atoms with van der Waals surface area (Å²) in [6, 6.07) is 0. The van der Waals surface area contributed by atoms with Crippen LogP contribution >= 0.6 is 11.6 Å². The van der Waals surface area contributed by atoms with Gasteiger partial charge in [0.1, 0.15) is 12.2 Å². The molecular formula is C17H21ClO4. The van der Waals surface area contributed by atoms with Gasteiger partial charge in [0.2, 0.25) is 0 Å². The lowest BCUT2D eigenvalue weighted by Crippen LogP contribution is -2.39. The van der Waals surface area contributed by atoms with Gasteiger partial charge in [-0.3, -0.25) is 14.4 Å². The normalized spacial score (nSPS) is 22.1. The molecule has 0 aromatic heterocycles. The quantitative estimate of drug-likeness (QED) is 0.256. The SMILES string of the molecule is CC1=C(/C=C/C(C)=C/C=O)C(C)(C)CC(OC(=O)CCl)C1=O. The summed E-state index contributed by atoms with van der Waals surface area (Å²) in [4.78, 5) is 34.1. The Morgan fingerprint density at radius 3 is 2.64 bits per heavy atom. The molecule has 0 N–H and O–H groups in total. The van der Waals surface area contributed by atoms with E-state index in [4.69, 9.17) is 16.3 Å². The summed E-state index contributed by atoms with van der Waals surface area (Å²) >= 11 is 5.43. The number of ether oxygens (including phenoxy) is 1. The molecule has 0 amide bonds. The van der Waals surface area contributed by atoms with Crippen LogP contribution in [0, 0.1) is 5.41 Å². The van der Waals surface area contributed by atoms with Gasteiger partial charge in [-0.1, -0.05) is 26.0 Å². The summed E-state index contributed by atoms with van der Waals surface area (Å²) in [6.07, 6.45) is 5.44. The highest BCUT2D eigenvalue weighted by atomic mass is 35.5. The average Bonchev–Trinajstić information content (AvgIpc) is 2.44. The van der Waals surface area contributed by atoms with Crippen LogP contribution < -0.4 is 0 Å². The molecule has 0 aromatic carbocycles. The zero-order chi connectivity index (χ0) is 16.9. The molecule has 0 fully saturated rings. The first-order valence-electron chi connectivity index (χ1n) is 7.04. The summed E-state index contributed by atoms with van der Waals surface area (Å²) in [7, 11) is 0. The summed E-state index contributed by atoms with van der Waals surface area (Å²) < 4.78 is 5.13. The molecule has 1 aliphatic carbocycles. The first-order valence-corrected chi connectivity index (χ1v) is 7.57. The second kappa shape index (κ2) is 7.54. The van der Waals surface area contributed by atoms with Crippen LogP contribution in [0.1, 0.15) is 34.1 Å². The van der Waals surface area contributed by atoms with Crippen LogP contribution in [0.2, 0.25) is 0 Å². The lowest BCUT2D eigenvalue weighted by molar-refractivity contribution is -0.153. The van der Waals surface area contributed by atoms with Gasteiger partial charge in [0.15, 0.2) is 11.9 Å². The number of alkyl halides is 1. The Kier molecular flexibility index (Phi) is 6.30. The Morgan fingerprint density at radius 1 is 1.45 bits per heavy atom. The lowest BCUT2D eigenvalue weighted by atomic mass is 9.71. The van der Waals surface area contributed by atoms with Crippen LogP contribution in [0.3, 0.4) is 0 Å². The number of aldehydes is 1. The Bertz CT molecular complexity index is 567. The average molecular weight is 325 g/mol. The molecule has 0 saturated carbocycles.